The van der Waals surface area contributed by atoms with Crippen molar-refractivity contribution in [2.75, 3.05) is 20.7 Å². The molecule has 0 heterocycles. The van der Waals surface area contributed by atoms with Crippen molar-refractivity contribution >= 4 is 0 Å². The van der Waals surface area contributed by atoms with Gasteiger partial charge in [0.05, 0.1) is 0 Å². The zero-order valence-corrected chi connectivity index (χ0v) is 10.6. The van der Waals surface area contributed by atoms with Gasteiger partial charge in [0, 0.05) is 12.6 Å². The van der Waals surface area contributed by atoms with E-state index in [0.29, 0.717) is 18.6 Å². The van der Waals surface area contributed by atoms with Gasteiger partial charge < -0.3 is 10.0 Å². The van der Waals surface area contributed by atoms with Gasteiger partial charge in [0.2, 0.25) is 0 Å². The van der Waals surface area contributed by atoms with Crippen molar-refractivity contribution in [3.8, 4) is 0 Å². The molecule has 0 bridgehead atoms. The van der Waals surface area contributed by atoms with E-state index in [1.54, 1.807) is 0 Å². The van der Waals surface area contributed by atoms with E-state index >= 15 is 0 Å². The minimum absolute atomic E-state index is 0.343. The molecule has 1 fully saturated rings. The second-order valence-electron chi connectivity index (χ2n) is 5.20. The van der Waals surface area contributed by atoms with E-state index in [0.717, 1.165) is 12.3 Å². The Bertz CT molecular complexity index is 160. The first kappa shape index (κ1) is 13.0. The summed E-state index contributed by atoms with van der Waals surface area (Å²) in [5, 5.41) is 9.45. The molecule has 0 aliphatic heterocycles. The fraction of sp³-hybridized carbons (Fsp3) is 1.00. The highest BCUT2D eigenvalue weighted by Gasteiger charge is 2.30. The van der Waals surface area contributed by atoms with Crippen LogP contribution in [0.5, 0.6) is 0 Å². The molecule has 2 nitrogen and oxygen atoms in total. The van der Waals surface area contributed by atoms with Gasteiger partial charge in [-0.3, -0.25) is 0 Å². The van der Waals surface area contributed by atoms with Gasteiger partial charge >= 0.3 is 0 Å². The normalized spacial score (nSPS) is 23.0. The number of nitrogens with zero attached hydrogens (tertiary/aromatic N) is 1. The average Bonchev–Trinajstić information content (AvgIpc) is 2.26. The summed E-state index contributed by atoms with van der Waals surface area (Å²) < 4.78 is 0. The van der Waals surface area contributed by atoms with Crippen molar-refractivity contribution in [1.29, 1.82) is 0 Å². The van der Waals surface area contributed by atoms with Gasteiger partial charge in [0.15, 0.2) is 0 Å². The van der Waals surface area contributed by atoms with Crippen LogP contribution in [0.4, 0.5) is 0 Å². The van der Waals surface area contributed by atoms with Crippen LogP contribution in [0.25, 0.3) is 0 Å². The van der Waals surface area contributed by atoms with Crippen LogP contribution in [0.3, 0.4) is 0 Å². The van der Waals surface area contributed by atoms with Crippen molar-refractivity contribution in [1.82, 2.24) is 4.90 Å². The van der Waals surface area contributed by atoms with Crippen LogP contribution in [0.2, 0.25) is 0 Å². The van der Waals surface area contributed by atoms with Gasteiger partial charge in [-0.05, 0) is 45.2 Å². The molecule has 2 heteroatoms. The number of aliphatic hydroxyl groups is 1. The molecule has 0 saturated heterocycles. The highest BCUT2D eigenvalue weighted by molar-refractivity contribution is 4.84. The Morgan fingerprint density at radius 3 is 2.20 bits per heavy atom. The maximum absolute atomic E-state index is 9.45. The molecule has 1 aliphatic rings. The molecule has 2 unspecified atom stereocenters. The summed E-state index contributed by atoms with van der Waals surface area (Å²) in [5.74, 6) is 1.27. The second-order valence-corrected chi connectivity index (χ2v) is 5.20. The fourth-order valence-corrected chi connectivity index (χ4v) is 3.18. The van der Waals surface area contributed by atoms with Gasteiger partial charge in [0.1, 0.15) is 0 Å². The largest absolute Gasteiger partial charge is 0.396 e. The first-order valence-electron chi connectivity index (χ1n) is 6.48. The van der Waals surface area contributed by atoms with Crippen LogP contribution in [0, 0.1) is 11.8 Å². The molecule has 2 atom stereocenters. The van der Waals surface area contributed by atoms with Crippen LogP contribution in [-0.4, -0.2) is 36.8 Å². The molecule has 1 rings (SSSR count). The highest BCUT2D eigenvalue weighted by atomic mass is 16.3. The van der Waals surface area contributed by atoms with E-state index < -0.39 is 0 Å². The third kappa shape index (κ3) is 3.46. The van der Waals surface area contributed by atoms with Crippen LogP contribution in [0.15, 0.2) is 0 Å². The summed E-state index contributed by atoms with van der Waals surface area (Å²) in [6.07, 6.45) is 7.99. The Kier molecular flexibility index (Phi) is 5.62. The monoisotopic (exact) mass is 213 g/mol. The summed E-state index contributed by atoms with van der Waals surface area (Å²) in [7, 11) is 4.33. The van der Waals surface area contributed by atoms with E-state index in [1.165, 1.54) is 32.1 Å². The molecule has 0 aromatic rings. The molecule has 0 radical (unpaired) electrons. The molecule has 0 aromatic heterocycles. The topological polar surface area (TPSA) is 23.5 Å². The molecule has 15 heavy (non-hydrogen) atoms. The minimum atomic E-state index is 0.343. The smallest absolute Gasteiger partial charge is 0.0474 e. The summed E-state index contributed by atoms with van der Waals surface area (Å²) in [6, 6.07) is 0.584. The van der Waals surface area contributed by atoms with Gasteiger partial charge in [-0.1, -0.05) is 26.2 Å². The fourth-order valence-electron chi connectivity index (χ4n) is 3.18. The maximum atomic E-state index is 9.45. The lowest BCUT2D eigenvalue weighted by Crippen LogP contribution is -2.43. The van der Waals surface area contributed by atoms with Gasteiger partial charge in [-0.15, -0.1) is 0 Å². The predicted octanol–water partition coefficient (Wildman–Crippen LogP) is 2.52. The Morgan fingerprint density at radius 2 is 1.80 bits per heavy atom. The SMILES string of the molecule is CCC(CO)C(C1CCCCC1)N(C)C. The molecule has 0 spiro atoms. The van der Waals surface area contributed by atoms with E-state index in [1.807, 2.05) is 0 Å². The lowest BCUT2D eigenvalue weighted by atomic mass is 9.77. The quantitative estimate of drug-likeness (QED) is 0.758. The molecule has 1 aliphatic carbocycles. The average molecular weight is 213 g/mol. The lowest BCUT2D eigenvalue weighted by Gasteiger charge is -2.39. The Hall–Kier alpha value is -0.0800. The summed E-state index contributed by atoms with van der Waals surface area (Å²) in [4.78, 5) is 2.33. The Balaban J connectivity index is 2.62. The zero-order valence-electron chi connectivity index (χ0n) is 10.6. The maximum Gasteiger partial charge on any atom is 0.0474 e. The van der Waals surface area contributed by atoms with E-state index in [2.05, 4.69) is 25.9 Å². The van der Waals surface area contributed by atoms with Crippen LogP contribution >= 0.6 is 0 Å². The predicted molar refractivity (Wildman–Crippen MR) is 64.9 cm³/mol. The number of rotatable bonds is 5. The first-order valence-corrected chi connectivity index (χ1v) is 6.48. The molecule has 0 aromatic carbocycles. The molecule has 90 valence electrons. The van der Waals surface area contributed by atoms with E-state index in [-0.39, 0.29) is 0 Å². The third-order valence-electron chi connectivity index (χ3n) is 3.97. The second kappa shape index (κ2) is 6.49. The third-order valence-corrected chi connectivity index (χ3v) is 3.97. The van der Waals surface area contributed by atoms with Gasteiger partial charge in [-0.2, -0.15) is 0 Å². The minimum Gasteiger partial charge on any atom is -0.396 e. The summed E-state index contributed by atoms with van der Waals surface area (Å²) >= 11 is 0. The van der Waals surface area contributed by atoms with Gasteiger partial charge in [-0.25, -0.2) is 0 Å². The first-order chi connectivity index (χ1) is 7.20. The van der Waals surface area contributed by atoms with Crippen LogP contribution < -0.4 is 0 Å². The number of hydrogen-bond acceptors (Lipinski definition) is 2. The van der Waals surface area contributed by atoms with Crippen LogP contribution in [0.1, 0.15) is 45.4 Å². The molecular formula is C13H27NO. The van der Waals surface area contributed by atoms with Crippen LogP contribution in [-0.2, 0) is 0 Å². The highest BCUT2D eigenvalue weighted by Crippen LogP contribution is 2.32. The van der Waals surface area contributed by atoms with Crippen molar-refractivity contribution in [3.63, 3.8) is 0 Å². The summed E-state index contributed by atoms with van der Waals surface area (Å²) in [6.45, 7) is 2.54. The Labute approximate surface area is 94.7 Å². The molecular weight excluding hydrogens is 186 g/mol. The van der Waals surface area contributed by atoms with Crippen molar-refractivity contribution in [2.45, 2.75) is 51.5 Å². The van der Waals surface area contributed by atoms with Gasteiger partial charge in [0.25, 0.3) is 0 Å². The molecule has 0 amide bonds. The summed E-state index contributed by atoms with van der Waals surface area (Å²) in [5.41, 5.74) is 0. The molecule has 1 N–H and O–H groups in total. The standard InChI is InChI=1S/C13H27NO/c1-4-11(10-15)13(14(2)3)12-8-6-5-7-9-12/h11-13,15H,4-10H2,1-3H3. The van der Waals surface area contributed by atoms with Crippen molar-refractivity contribution in [3.05, 3.63) is 0 Å². The Morgan fingerprint density at radius 1 is 1.20 bits per heavy atom. The van der Waals surface area contributed by atoms with Crippen molar-refractivity contribution in [2.24, 2.45) is 11.8 Å². The lowest BCUT2D eigenvalue weighted by molar-refractivity contribution is 0.0722. The zero-order chi connectivity index (χ0) is 11.3. The number of hydrogen-bond donors (Lipinski definition) is 1. The van der Waals surface area contributed by atoms with E-state index in [4.69, 9.17) is 0 Å². The van der Waals surface area contributed by atoms with E-state index in [9.17, 15) is 5.11 Å². The number of aliphatic hydroxyl groups excluding tert-OH is 1. The van der Waals surface area contributed by atoms with Crippen molar-refractivity contribution < 1.29 is 5.11 Å². The molecule has 1 saturated carbocycles.